The van der Waals surface area contributed by atoms with Crippen LogP contribution in [0.3, 0.4) is 0 Å². The lowest BCUT2D eigenvalue weighted by molar-refractivity contribution is -0.136. The number of ether oxygens (including phenoxy) is 4. The minimum Gasteiger partial charge on any atom is -0.493 e. The van der Waals surface area contributed by atoms with Crippen molar-refractivity contribution in [3.05, 3.63) is 58.8 Å². The lowest BCUT2D eigenvalue weighted by Gasteiger charge is -2.32. The lowest BCUT2D eigenvalue weighted by Crippen LogP contribution is -2.37. The molecule has 0 bridgehead atoms. The Hall–Kier alpha value is -3.48. The van der Waals surface area contributed by atoms with Gasteiger partial charge in [0.1, 0.15) is 6.61 Å². The van der Waals surface area contributed by atoms with E-state index in [0.29, 0.717) is 39.8 Å². The minimum absolute atomic E-state index is 0.0554. The summed E-state index contributed by atoms with van der Waals surface area (Å²) in [6.45, 7) is 2.04. The number of cyclic esters (lactones) is 1. The quantitative estimate of drug-likeness (QED) is 0.705. The summed E-state index contributed by atoms with van der Waals surface area (Å²) < 4.78 is 21.8. The van der Waals surface area contributed by atoms with Crippen LogP contribution in [0.25, 0.3) is 0 Å². The van der Waals surface area contributed by atoms with Gasteiger partial charge in [0.25, 0.3) is 0 Å². The van der Waals surface area contributed by atoms with E-state index >= 15 is 0 Å². The number of hydrogen-bond acceptors (Lipinski definition) is 6. The fourth-order valence-corrected chi connectivity index (χ4v) is 4.11. The molecule has 0 spiro atoms. The molecule has 0 saturated heterocycles. The number of methoxy groups -OCH3 is 3. The minimum atomic E-state index is -0.501. The van der Waals surface area contributed by atoms with Gasteiger partial charge >= 0.3 is 5.97 Å². The van der Waals surface area contributed by atoms with E-state index in [4.69, 9.17) is 18.9 Å². The van der Waals surface area contributed by atoms with E-state index in [9.17, 15) is 9.59 Å². The second-order valence-electron chi connectivity index (χ2n) is 7.18. The average molecular weight is 409 g/mol. The van der Waals surface area contributed by atoms with Crippen LogP contribution in [0.2, 0.25) is 0 Å². The van der Waals surface area contributed by atoms with Crippen molar-refractivity contribution >= 4 is 17.6 Å². The number of hydrogen-bond donors (Lipinski definition) is 0. The number of aryl methyl sites for hydroxylation is 1. The highest BCUT2D eigenvalue weighted by atomic mass is 16.5. The first-order valence-corrected chi connectivity index (χ1v) is 9.58. The summed E-state index contributed by atoms with van der Waals surface area (Å²) in [6.07, 6.45) is 0.105. The van der Waals surface area contributed by atoms with Gasteiger partial charge in [-0.15, -0.1) is 0 Å². The summed E-state index contributed by atoms with van der Waals surface area (Å²) in [6, 6.07) is 11.2. The highest BCUT2D eigenvalue weighted by Gasteiger charge is 2.44. The monoisotopic (exact) mass is 409 g/mol. The van der Waals surface area contributed by atoms with Crippen LogP contribution in [0.15, 0.2) is 47.7 Å². The summed E-state index contributed by atoms with van der Waals surface area (Å²) in [5.74, 6) is 0.322. The highest BCUT2D eigenvalue weighted by molar-refractivity contribution is 6.06. The number of amides is 1. The zero-order valence-electron chi connectivity index (χ0n) is 17.4. The molecule has 0 saturated carbocycles. The topological polar surface area (TPSA) is 74.3 Å². The molecule has 0 N–H and O–H groups in total. The highest BCUT2D eigenvalue weighted by Crippen LogP contribution is 2.49. The van der Waals surface area contributed by atoms with E-state index in [0.717, 1.165) is 5.56 Å². The smallest absolute Gasteiger partial charge is 0.336 e. The van der Waals surface area contributed by atoms with Crippen molar-refractivity contribution in [1.29, 1.82) is 0 Å². The van der Waals surface area contributed by atoms with Gasteiger partial charge in [-0.3, -0.25) is 9.69 Å². The molecule has 4 rings (SSSR count). The molecule has 0 aromatic heterocycles. The summed E-state index contributed by atoms with van der Waals surface area (Å²) in [5, 5.41) is 0. The zero-order valence-corrected chi connectivity index (χ0v) is 17.4. The van der Waals surface area contributed by atoms with Crippen molar-refractivity contribution in [1.82, 2.24) is 0 Å². The Bertz CT molecular complexity index is 1040. The first kappa shape index (κ1) is 19.8. The Balaban J connectivity index is 1.86. The molecule has 2 aliphatic rings. The van der Waals surface area contributed by atoms with Gasteiger partial charge in [0.05, 0.1) is 32.6 Å². The molecule has 1 amide bonds. The molecule has 7 heteroatoms. The molecule has 2 aromatic carbocycles. The third kappa shape index (κ3) is 3.07. The van der Waals surface area contributed by atoms with Gasteiger partial charge in [-0.2, -0.15) is 0 Å². The van der Waals surface area contributed by atoms with E-state index in [1.54, 1.807) is 17.0 Å². The van der Waals surface area contributed by atoms with Crippen molar-refractivity contribution in [2.75, 3.05) is 32.8 Å². The number of carbonyl (C=O) groups is 2. The van der Waals surface area contributed by atoms with E-state index < -0.39 is 11.9 Å². The molecule has 2 heterocycles. The van der Waals surface area contributed by atoms with E-state index in [2.05, 4.69) is 0 Å². The number of rotatable bonds is 5. The molecular weight excluding hydrogens is 386 g/mol. The predicted molar refractivity (Wildman–Crippen MR) is 110 cm³/mol. The van der Waals surface area contributed by atoms with Crippen LogP contribution in [-0.4, -0.2) is 39.8 Å². The second kappa shape index (κ2) is 7.74. The fraction of sp³-hybridized carbons (Fsp3) is 0.304. The standard InChI is InChI=1S/C23H23NO6/c1-13-5-7-14(8-6-13)24-17-12-30-23(26)20(17)16(11-19(24)25)15-9-10-18(27-2)22(29-4)21(15)28-3/h5-10,16H,11-12H2,1-4H3/t16-/m1/s1. The van der Waals surface area contributed by atoms with Crippen LogP contribution in [0, 0.1) is 6.92 Å². The van der Waals surface area contributed by atoms with Gasteiger partial charge < -0.3 is 18.9 Å². The van der Waals surface area contributed by atoms with Gasteiger partial charge in [-0.25, -0.2) is 4.79 Å². The van der Waals surface area contributed by atoms with Gasteiger partial charge in [0.2, 0.25) is 11.7 Å². The SMILES string of the molecule is COc1ccc([C@H]2CC(=O)N(c3ccc(C)cc3)C3=C2C(=O)OC3)c(OC)c1OC. The Morgan fingerprint density at radius 2 is 1.63 bits per heavy atom. The Morgan fingerprint density at radius 3 is 2.27 bits per heavy atom. The fourth-order valence-electron chi connectivity index (χ4n) is 4.11. The third-order valence-corrected chi connectivity index (χ3v) is 5.52. The van der Waals surface area contributed by atoms with E-state index in [-0.39, 0.29) is 18.9 Å². The lowest BCUT2D eigenvalue weighted by atomic mass is 9.83. The van der Waals surface area contributed by atoms with Crippen LogP contribution in [0.5, 0.6) is 17.2 Å². The van der Waals surface area contributed by atoms with Crippen molar-refractivity contribution in [2.45, 2.75) is 19.3 Å². The van der Waals surface area contributed by atoms with Crippen LogP contribution in [0.4, 0.5) is 5.69 Å². The maximum Gasteiger partial charge on any atom is 0.336 e. The molecular formula is C23H23NO6. The van der Waals surface area contributed by atoms with Crippen molar-refractivity contribution < 1.29 is 28.5 Å². The summed E-state index contributed by atoms with van der Waals surface area (Å²) in [7, 11) is 4.58. The molecule has 1 atom stereocenters. The van der Waals surface area contributed by atoms with Gasteiger partial charge in [-0.05, 0) is 25.1 Å². The number of anilines is 1. The summed E-state index contributed by atoms with van der Waals surface area (Å²) in [5.41, 5.74) is 3.53. The van der Waals surface area contributed by atoms with E-state index in [1.807, 2.05) is 31.2 Å². The zero-order chi connectivity index (χ0) is 21.4. The normalized spacial score (nSPS) is 18.3. The van der Waals surface area contributed by atoms with Crippen molar-refractivity contribution in [3.63, 3.8) is 0 Å². The Kier molecular flexibility index (Phi) is 5.11. The van der Waals surface area contributed by atoms with Crippen LogP contribution in [-0.2, 0) is 14.3 Å². The van der Waals surface area contributed by atoms with Crippen molar-refractivity contribution in [3.8, 4) is 17.2 Å². The largest absolute Gasteiger partial charge is 0.493 e. The van der Waals surface area contributed by atoms with Crippen LogP contribution in [0.1, 0.15) is 23.5 Å². The summed E-state index contributed by atoms with van der Waals surface area (Å²) >= 11 is 0. The first-order valence-electron chi connectivity index (χ1n) is 9.58. The molecule has 0 aliphatic carbocycles. The number of esters is 1. The van der Waals surface area contributed by atoms with Crippen LogP contribution >= 0.6 is 0 Å². The third-order valence-electron chi connectivity index (χ3n) is 5.52. The maximum atomic E-state index is 13.2. The van der Waals surface area contributed by atoms with Crippen LogP contribution < -0.4 is 19.1 Å². The number of nitrogens with zero attached hydrogens (tertiary/aromatic N) is 1. The van der Waals surface area contributed by atoms with Gasteiger partial charge in [-0.1, -0.05) is 23.8 Å². The number of carbonyl (C=O) groups excluding carboxylic acids is 2. The first-order chi connectivity index (χ1) is 14.5. The molecule has 0 unspecified atom stereocenters. The maximum absolute atomic E-state index is 13.2. The number of benzene rings is 2. The molecule has 0 radical (unpaired) electrons. The van der Waals surface area contributed by atoms with E-state index in [1.165, 1.54) is 21.3 Å². The molecule has 2 aromatic rings. The molecule has 30 heavy (non-hydrogen) atoms. The Labute approximate surface area is 174 Å². The Morgan fingerprint density at radius 1 is 0.933 bits per heavy atom. The molecule has 2 aliphatic heterocycles. The van der Waals surface area contributed by atoms with Gasteiger partial charge in [0.15, 0.2) is 11.5 Å². The molecule has 7 nitrogen and oxygen atoms in total. The predicted octanol–water partition coefficient (Wildman–Crippen LogP) is 3.35. The summed E-state index contributed by atoms with van der Waals surface area (Å²) in [4.78, 5) is 27.5. The molecule has 0 fully saturated rings. The van der Waals surface area contributed by atoms with Crippen molar-refractivity contribution in [2.24, 2.45) is 0 Å². The van der Waals surface area contributed by atoms with Gasteiger partial charge in [0, 0.05) is 23.6 Å². The second-order valence-corrected chi connectivity index (χ2v) is 7.18. The average Bonchev–Trinajstić information content (AvgIpc) is 3.14. The molecule has 156 valence electrons.